The first-order valence-electron chi connectivity index (χ1n) is 3.97. The van der Waals surface area contributed by atoms with Crippen molar-refractivity contribution in [2.75, 3.05) is 0 Å². The van der Waals surface area contributed by atoms with E-state index in [1.165, 1.54) is 12.4 Å². The third-order valence-corrected chi connectivity index (χ3v) is 1.80. The zero-order valence-corrected chi connectivity index (χ0v) is 7.54. The van der Waals surface area contributed by atoms with E-state index in [4.69, 9.17) is 0 Å². The Balaban J connectivity index is 2.95. The second-order valence-corrected chi connectivity index (χ2v) is 2.86. The van der Waals surface area contributed by atoms with Crippen LogP contribution in [0.15, 0.2) is 25.0 Å². The lowest BCUT2D eigenvalue weighted by molar-refractivity contribution is -0.145. The van der Waals surface area contributed by atoms with Crippen molar-refractivity contribution in [3.05, 3.63) is 36.4 Å². The predicted octanol–water partition coefficient (Wildman–Crippen LogP) is 2.78. The molecule has 5 heteroatoms. The van der Waals surface area contributed by atoms with Crippen LogP contribution in [-0.4, -0.2) is 9.97 Å². The van der Waals surface area contributed by atoms with Gasteiger partial charge in [-0.25, -0.2) is 9.97 Å². The Bertz CT molecular complexity index is 316. The summed E-state index contributed by atoms with van der Waals surface area (Å²) in [6.45, 7) is 5.33. The fourth-order valence-corrected chi connectivity index (χ4v) is 0.856. The van der Waals surface area contributed by atoms with Gasteiger partial charge >= 0.3 is 6.18 Å². The Labute approximate surface area is 79.5 Å². The summed E-state index contributed by atoms with van der Waals surface area (Å²) in [4.78, 5) is 6.47. The van der Waals surface area contributed by atoms with Gasteiger partial charge in [0.15, 0.2) is 0 Å². The summed E-state index contributed by atoms with van der Waals surface area (Å²) in [5, 5.41) is 0. The molecular weight excluding hydrogens is 193 g/mol. The number of alkyl halides is 3. The number of halogens is 3. The number of hydrogen-bond acceptors (Lipinski definition) is 2. The summed E-state index contributed by atoms with van der Waals surface area (Å²) in [6, 6.07) is 0. The van der Waals surface area contributed by atoms with Crippen LogP contribution < -0.4 is 0 Å². The van der Waals surface area contributed by atoms with Gasteiger partial charge in [-0.15, -0.1) is 6.58 Å². The van der Waals surface area contributed by atoms with Crippen LogP contribution in [0.4, 0.5) is 13.2 Å². The van der Waals surface area contributed by atoms with Gasteiger partial charge in [0.25, 0.3) is 0 Å². The Morgan fingerprint density at radius 1 is 1.36 bits per heavy atom. The van der Waals surface area contributed by atoms with Gasteiger partial charge in [-0.3, -0.25) is 0 Å². The van der Waals surface area contributed by atoms with Gasteiger partial charge in [-0.05, 0) is 5.56 Å². The molecular formula is C9H9F3N2. The van der Waals surface area contributed by atoms with E-state index in [0.717, 1.165) is 0 Å². The average Bonchev–Trinajstić information content (AvgIpc) is 2.15. The number of allylic oxidation sites excluding steroid dienone is 1. The highest BCUT2D eigenvalue weighted by atomic mass is 19.4. The van der Waals surface area contributed by atoms with Crippen LogP contribution in [0.3, 0.4) is 0 Å². The van der Waals surface area contributed by atoms with Gasteiger partial charge in [0, 0.05) is 18.3 Å². The van der Waals surface area contributed by atoms with Gasteiger partial charge in [-0.1, -0.05) is 13.0 Å². The van der Waals surface area contributed by atoms with Crippen molar-refractivity contribution in [2.45, 2.75) is 19.0 Å². The minimum Gasteiger partial charge on any atom is -0.233 e. The number of aromatic nitrogens is 2. The van der Waals surface area contributed by atoms with Crippen molar-refractivity contribution in [3.63, 3.8) is 0 Å². The quantitative estimate of drug-likeness (QED) is 0.689. The fraction of sp³-hybridized carbons (Fsp3) is 0.333. The van der Waals surface area contributed by atoms with Crippen LogP contribution in [0.5, 0.6) is 0 Å². The lowest BCUT2D eigenvalue weighted by atomic mass is 10.1. The second kappa shape index (κ2) is 3.77. The zero-order valence-electron chi connectivity index (χ0n) is 7.54. The lowest BCUT2D eigenvalue weighted by Gasteiger charge is -2.07. The largest absolute Gasteiger partial charge is 0.451 e. The van der Waals surface area contributed by atoms with Gasteiger partial charge in [0.2, 0.25) is 5.82 Å². The molecule has 0 amide bonds. The first-order valence-corrected chi connectivity index (χ1v) is 3.97. The molecule has 0 N–H and O–H groups in total. The molecule has 0 saturated carbocycles. The molecule has 76 valence electrons. The van der Waals surface area contributed by atoms with Crippen molar-refractivity contribution in [3.8, 4) is 0 Å². The number of hydrogen-bond donors (Lipinski definition) is 0. The fourth-order valence-electron chi connectivity index (χ4n) is 0.856. The highest BCUT2D eigenvalue weighted by molar-refractivity contribution is 5.15. The molecule has 0 aromatic carbocycles. The SMILES string of the molecule is C=C[C@@H](C)c1cnc(C(F)(F)F)nc1. The molecule has 0 spiro atoms. The molecule has 14 heavy (non-hydrogen) atoms. The molecule has 0 saturated heterocycles. The van der Waals surface area contributed by atoms with E-state index in [9.17, 15) is 13.2 Å². The van der Waals surface area contributed by atoms with E-state index in [2.05, 4.69) is 16.5 Å². The minimum atomic E-state index is -4.48. The maximum absolute atomic E-state index is 12.1. The Morgan fingerprint density at radius 3 is 2.21 bits per heavy atom. The van der Waals surface area contributed by atoms with Crippen LogP contribution >= 0.6 is 0 Å². The van der Waals surface area contributed by atoms with Crippen molar-refractivity contribution in [2.24, 2.45) is 0 Å². The van der Waals surface area contributed by atoms with Crippen molar-refractivity contribution in [1.82, 2.24) is 9.97 Å². The second-order valence-electron chi connectivity index (χ2n) is 2.86. The predicted molar refractivity (Wildman–Crippen MR) is 45.6 cm³/mol. The molecule has 1 atom stereocenters. The van der Waals surface area contributed by atoms with E-state index < -0.39 is 12.0 Å². The van der Waals surface area contributed by atoms with Gasteiger partial charge in [0.1, 0.15) is 0 Å². The smallest absolute Gasteiger partial charge is 0.233 e. The Hall–Kier alpha value is -1.39. The molecule has 0 fully saturated rings. The summed E-state index contributed by atoms with van der Waals surface area (Å²) in [5.74, 6) is -1.16. The van der Waals surface area contributed by atoms with E-state index in [1.807, 2.05) is 0 Å². The van der Waals surface area contributed by atoms with E-state index in [0.29, 0.717) is 5.56 Å². The Kier molecular flexibility index (Phi) is 2.88. The molecule has 0 radical (unpaired) electrons. The van der Waals surface area contributed by atoms with Crippen molar-refractivity contribution < 1.29 is 13.2 Å². The molecule has 1 aromatic heterocycles. The molecule has 1 rings (SSSR count). The first-order chi connectivity index (χ1) is 6.45. The van der Waals surface area contributed by atoms with Gasteiger partial charge < -0.3 is 0 Å². The standard InChI is InChI=1S/C9H9F3N2/c1-3-6(2)7-4-13-8(14-5-7)9(10,11)12/h3-6H,1H2,2H3/t6-/m1/s1. The molecule has 0 bridgehead atoms. The molecule has 2 nitrogen and oxygen atoms in total. The summed E-state index contributed by atoms with van der Waals surface area (Å²) in [7, 11) is 0. The van der Waals surface area contributed by atoms with Crippen LogP contribution in [0.2, 0.25) is 0 Å². The highest BCUT2D eigenvalue weighted by Gasteiger charge is 2.34. The average molecular weight is 202 g/mol. The molecule has 1 aromatic rings. The maximum atomic E-state index is 12.1. The molecule has 1 heterocycles. The zero-order chi connectivity index (χ0) is 10.8. The van der Waals surface area contributed by atoms with Crippen molar-refractivity contribution >= 4 is 0 Å². The van der Waals surface area contributed by atoms with E-state index in [1.54, 1.807) is 13.0 Å². The van der Waals surface area contributed by atoms with E-state index in [-0.39, 0.29) is 5.92 Å². The van der Waals surface area contributed by atoms with Crippen LogP contribution in [0.25, 0.3) is 0 Å². The number of nitrogens with zero attached hydrogens (tertiary/aromatic N) is 2. The van der Waals surface area contributed by atoms with Crippen LogP contribution in [-0.2, 0) is 6.18 Å². The minimum absolute atomic E-state index is 0.0442. The summed E-state index contributed by atoms with van der Waals surface area (Å²) >= 11 is 0. The van der Waals surface area contributed by atoms with Gasteiger partial charge in [-0.2, -0.15) is 13.2 Å². The number of rotatable bonds is 2. The molecule has 0 aliphatic carbocycles. The summed E-state index contributed by atoms with van der Waals surface area (Å²) in [6.07, 6.45) is -0.522. The topological polar surface area (TPSA) is 25.8 Å². The van der Waals surface area contributed by atoms with Crippen molar-refractivity contribution in [1.29, 1.82) is 0 Å². The molecule has 0 unspecified atom stereocenters. The van der Waals surface area contributed by atoms with Crippen LogP contribution in [0.1, 0.15) is 24.2 Å². The summed E-state index contributed by atoms with van der Waals surface area (Å²) < 4.78 is 36.2. The monoisotopic (exact) mass is 202 g/mol. The lowest BCUT2D eigenvalue weighted by Crippen LogP contribution is -2.11. The molecule has 0 aliphatic rings. The highest BCUT2D eigenvalue weighted by Crippen LogP contribution is 2.26. The molecule has 0 aliphatic heterocycles. The third kappa shape index (κ3) is 2.31. The maximum Gasteiger partial charge on any atom is 0.451 e. The first kappa shape index (κ1) is 10.7. The summed E-state index contributed by atoms with van der Waals surface area (Å²) in [5.41, 5.74) is 0.619. The van der Waals surface area contributed by atoms with Crippen LogP contribution in [0, 0.1) is 0 Å². The van der Waals surface area contributed by atoms with E-state index >= 15 is 0 Å². The third-order valence-electron chi connectivity index (χ3n) is 1.80. The van der Waals surface area contributed by atoms with Gasteiger partial charge in [0.05, 0.1) is 0 Å². The normalized spacial score (nSPS) is 13.7. The Morgan fingerprint density at radius 2 is 1.86 bits per heavy atom.